The summed E-state index contributed by atoms with van der Waals surface area (Å²) in [5.74, 6) is -0.0772. The summed E-state index contributed by atoms with van der Waals surface area (Å²) >= 11 is 3.49. The Morgan fingerprint density at radius 1 is 1.00 bits per heavy atom. The van der Waals surface area contributed by atoms with Crippen molar-refractivity contribution in [2.24, 2.45) is 11.1 Å². The zero-order valence-corrected chi connectivity index (χ0v) is 12.0. The van der Waals surface area contributed by atoms with Crippen molar-refractivity contribution in [3.63, 3.8) is 0 Å². The van der Waals surface area contributed by atoms with Gasteiger partial charge >= 0.3 is 0 Å². The molecule has 0 aromatic heterocycles. The summed E-state index contributed by atoms with van der Waals surface area (Å²) in [5, 5.41) is 0. The molecule has 0 spiro atoms. The highest BCUT2D eigenvalue weighted by Gasteiger charge is 2.51. The summed E-state index contributed by atoms with van der Waals surface area (Å²) in [5.41, 5.74) is 7.15. The van der Waals surface area contributed by atoms with E-state index in [0.29, 0.717) is 5.41 Å². The second-order valence-electron chi connectivity index (χ2n) is 5.93. The molecule has 2 N–H and O–H groups in total. The Kier molecular flexibility index (Phi) is 2.77. The van der Waals surface area contributed by atoms with Crippen molar-refractivity contribution in [3.8, 4) is 0 Å². The molecule has 96 valence electrons. The fourth-order valence-corrected chi connectivity index (χ4v) is 4.06. The topological polar surface area (TPSA) is 43.1 Å². The van der Waals surface area contributed by atoms with Crippen LogP contribution in [0.15, 0.2) is 28.7 Å². The Balaban J connectivity index is 1.88. The third-order valence-corrected chi connectivity index (χ3v) is 5.75. The molecule has 0 radical (unpaired) electrons. The third kappa shape index (κ3) is 1.71. The number of benzene rings is 1. The standard InChI is InChI=1S/C15H18BrNO/c16-12-3-1-11(2-4-12)14-5-8-15(9-6-14,10-7-14)13(17)18/h1-4H,5-10H2,(H2,17,18). The fourth-order valence-electron chi connectivity index (χ4n) is 3.79. The Morgan fingerprint density at radius 2 is 1.50 bits per heavy atom. The van der Waals surface area contributed by atoms with Crippen molar-refractivity contribution < 1.29 is 4.79 Å². The van der Waals surface area contributed by atoms with Gasteiger partial charge in [-0.2, -0.15) is 0 Å². The molecule has 1 aromatic rings. The number of carbonyl (C=O) groups is 1. The van der Waals surface area contributed by atoms with Crippen molar-refractivity contribution in [2.45, 2.75) is 43.9 Å². The number of nitrogens with two attached hydrogens (primary N) is 1. The van der Waals surface area contributed by atoms with Gasteiger partial charge in [0, 0.05) is 9.89 Å². The van der Waals surface area contributed by atoms with Crippen LogP contribution in [0.25, 0.3) is 0 Å². The summed E-state index contributed by atoms with van der Waals surface area (Å²) < 4.78 is 1.13. The lowest BCUT2D eigenvalue weighted by Gasteiger charge is -2.52. The number of rotatable bonds is 2. The molecular formula is C15H18BrNO. The van der Waals surface area contributed by atoms with Crippen LogP contribution >= 0.6 is 15.9 Å². The first-order chi connectivity index (χ1) is 8.56. The van der Waals surface area contributed by atoms with Gasteiger partial charge in [0.15, 0.2) is 0 Å². The van der Waals surface area contributed by atoms with Crippen molar-refractivity contribution in [1.29, 1.82) is 0 Å². The highest BCUT2D eigenvalue weighted by atomic mass is 79.9. The second-order valence-corrected chi connectivity index (χ2v) is 6.85. The maximum absolute atomic E-state index is 11.6. The van der Waals surface area contributed by atoms with Crippen molar-refractivity contribution >= 4 is 21.8 Å². The van der Waals surface area contributed by atoms with Gasteiger partial charge in [-0.05, 0) is 61.6 Å². The fraction of sp³-hybridized carbons (Fsp3) is 0.533. The predicted octanol–water partition coefficient (Wildman–Crippen LogP) is 3.53. The second kappa shape index (κ2) is 4.09. The van der Waals surface area contributed by atoms with Crippen LogP contribution in [-0.4, -0.2) is 5.91 Å². The Bertz CT molecular complexity index is 455. The van der Waals surface area contributed by atoms with Gasteiger partial charge in [-0.3, -0.25) is 4.79 Å². The molecule has 2 nitrogen and oxygen atoms in total. The minimum atomic E-state index is -0.183. The zero-order chi connectivity index (χ0) is 12.8. The molecule has 0 unspecified atom stereocenters. The highest BCUT2D eigenvalue weighted by molar-refractivity contribution is 9.10. The SMILES string of the molecule is NC(=O)C12CCC(c3ccc(Br)cc3)(CC1)CC2. The van der Waals surface area contributed by atoms with E-state index in [4.69, 9.17) is 5.73 Å². The number of hydrogen-bond donors (Lipinski definition) is 1. The van der Waals surface area contributed by atoms with Crippen LogP contribution in [0.2, 0.25) is 0 Å². The van der Waals surface area contributed by atoms with Gasteiger partial charge < -0.3 is 5.73 Å². The van der Waals surface area contributed by atoms with E-state index in [-0.39, 0.29) is 11.3 Å². The van der Waals surface area contributed by atoms with Crippen molar-refractivity contribution in [1.82, 2.24) is 0 Å². The summed E-state index contributed by atoms with van der Waals surface area (Å²) in [7, 11) is 0. The maximum atomic E-state index is 11.6. The first-order valence-electron chi connectivity index (χ1n) is 6.62. The minimum Gasteiger partial charge on any atom is -0.369 e. The summed E-state index contributed by atoms with van der Waals surface area (Å²) in [6.07, 6.45) is 6.24. The van der Waals surface area contributed by atoms with Crippen molar-refractivity contribution in [2.75, 3.05) is 0 Å². The Morgan fingerprint density at radius 3 is 1.94 bits per heavy atom. The molecule has 1 aromatic carbocycles. The number of amides is 1. The van der Waals surface area contributed by atoms with Gasteiger partial charge in [-0.25, -0.2) is 0 Å². The molecule has 1 amide bonds. The van der Waals surface area contributed by atoms with Crippen LogP contribution in [0.4, 0.5) is 0 Å². The largest absolute Gasteiger partial charge is 0.369 e. The van der Waals surface area contributed by atoms with Gasteiger partial charge in [0.1, 0.15) is 0 Å². The summed E-state index contributed by atoms with van der Waals surface area (Å²) in [6, 6.07) is 8.70. The van der Waals surface area contributed by atoms with Gasteiger partial charge in [0.25, 0.3) is 0 Å². The molecule has 2 bridgehead atoms. The van der Waals surface area contributed by atoms with Gasteiger partial charge in [-0.15, -0.1) is 0 Å². The third-order valence-electron chi connectivity index (χ3n) is 5.23. The molecule has 3 saturated carbocycles. The predicted molar refractivity (Wildman–Crippen MR) is 75.1 cm³/mol. The van der Waals surface area contributed by atoms with Crippen LogP contribution in [0.5, 0.6) is 0 Å². The number of halogens is 1. The van der Waals surface area contributed by atoms with Crippen LogP contribution in [0.3, 0.4) is 0 Å². The Hall–Kier alpha value is -0.830. The van der Waals surface area contributed by atoms with E-state index in [9.17, 15) is 4.79 Å². The van der Waals surface area contributed by atoms with Crippen LogP contribution in [-0.2, 0) is 10.2 Å². The van der Waals surface area contributed by atoms with Crippen molar-refractivity contribution in [3.05, 3.63) is 34.3 Å². The van der Waals surface area contributed by atoms with Gasteiger partial charge in [0.05, 0.1) is 0 Å². The monoisotopic (exact) mass is 307 g/mol. The molecule has 3 heteroatoms. The van der Waals surface area contributed by atoms with Crippen LogP contribution in [0.1, 0.15) is 44.1 Å². The van der Waals surface area contributed by atoms with E-state index >= 15 is 0 Å². The van der Waals surface area contributed by atoms with Crippen LogP contribution < -0.4 is 5.73 Å². The molecule has 0 aliphatic heterocycles. The number of fused-ring (bicyclic) bond motifs is 3. The molecule has 0 saturated heterocycles. The number of hydrogen-bond acceptors (Lipinski definition) is 1. The lowest BCUT2D eigenvalue weighted by atomic mass is 9.51. The molecule has 3 aliphatic rings. The normalized spacial score (nSPS) is 34.5. The lowest BCUT2D eigenvalue weighted by molar-refractivity contribution is -0.134. The molecular weight excluding hydrogens is 290 g/mol. The van der Waals surface area contributed by atoms with E-state index in [2.05, 4.69) is 40.2 Å². The van der Waals surface area contributed by atoms with Gasteiger partial charge in [-0.1, -0.05) is 28.1 Å². The average Bonchev–Trinajstić information content (AvgIpc) is 2.41. The molecule has 3 fully saturated rings. The molecule has 3 aliphatic carbocycles. The molecule has 18 heavy (non-hydrogen) atoms. The van der Waals surface area contributed by atoms with Crippen LogP contribution in [0, 0.1) is 5.41 Å². The minimum absolute atomic E-state index is 0.0772. The quantitative estimate of drug-likeness (QED) is 0.892. The van der Waals surface area contributed by atoms with E-state index in [1.165, 1.54) is 5.56 Å². The molecule has 0 heterocycles. The molecule has 4 rings (SSSR count). The lowest BCUT2D eigenvalue weighted by Crippen LogP contribution is -2.50. The first kappa shape index (κ1) is 12.2. The van der Waals surface area contributed by atoms with E-state index in [0.717, 1.165) is 43.0 Å². The summed E-state index contributed by atoms with van der Waals surface area (Å²) in [4.78, 5) is 11.6. The average molecular weight is 308 g/mol. The van der Waals surface area contributed by atoms with E-state index in [1.54, 1.807) is 0 Å². The zero-order valence-electron chi connectivity index (χ0n) is 10.4. The maximum Gasteiger partial charge on any atom is 0.223 e. The number of primary amides is 1. The van der Waals surface area contributed by atoms with E-state index < -0.39 is 0 Å². The number of carbonyl (C=O) groups excluding carboxylic acids is 1. The Labute approximate surface area is 116 Å². The first-order valence-corrected chi connectivity index (χ1v) is 7.42. The van der Waals surface area contributed by atoms with E-state index in [1.807, 2.05) is 0 Å². The molecule has 0 atom stereocenters. The smallest absolute Gasteiger partial charge is 0.223 e. The van der Waals surface area contributed by atoms with Gasteiger partial charge in [0.2, 0.25) is 5.91 Å². The highest BCUT2D eigenvalue weighted by Crippen LogP contribution is 2.57. The summed E-state index contributed by atoms with van der Waals surface area (Å²) in [6.45, 7) is 0.